The van der Waals surface area contributed by atoms with Crippen molar-refractivity contribution in [3.63, 3.8) is 0 Å². The first-order chi connectivity index (χ1) is 9.46. The van der Waals surface area contributed by atoms with Crippen LogP contribution in [0.2, 0.25) is 0 Å². The van der Waals surface area contributed by atoms with Gasteiger partial charge in [0.1, 0.15) is 0 Å². The molecule has 0 aliphatic heterocycles. The summed E-state index contributed by atoms with van der Waals surface area (Å²) < 4.78 is 8.01. The van der Waals surface area contributed by atoms with Crippen molar-refractivity contribution in [3.8, 4) is 0 Å². The Morgan fingerprint density at radius 2 is 2.00 bits per heavy atom. The molecule has 0 aliphatic rings. The van der Waals surface area contributed by atoms with Gasteiger partial charge in [-0.2, -0.15) is 0 Å². The first kappa shape index (κ1) is 17.3. The molecular formula is C17H32N2O. The van der Waals surface area contributed by atoms with Crippen LogP contribution in [0.15, 0.2) is 18.5 Å². The molecule has 0 saturated carbocycles. The molecule has 0 aliphatic carbocycles. The first-order valence-electron chi connectivity index (χ1n) is 7.99. The highest BCUT2D eigenvalue weighted by molar-refractivity contribution is 5.15. The highest BCUT2D eigenvalue weighted by Crippen LogP contribution is 2.19. The molecule has 1 unspecified atom stereocenters. The maximum absolute atomic E-state index is 5.78. The number of hydrogen-bond donors (Lipinski definition) is 1. The Labute approximate surface area is 124 Å². The summed E-state index contributed by atoms with van der Waals surface area (Å²) in [7, 11) is 0. The highest BCUT2D eigenvalue weighted by atomic mass is 16.5. The Kier molecular flexibility index (Phi) is 7.31. The standard InChI is InChI=1S/C17H32N2O/c1-6-8-16(18-10-7-2)15-9-11-19(14-15)12-13-20-17(3,4)5/h9,11,14,16,18H,6-8,10,12-13H2,1-5H3. The molecule has 116 valence electrons. The van der Waals surface area contributed by atoms with Gasteiger partial charge >= 0.3 is 0 Å². The van der Waals surface area contributed by atoms with Gasteiger partial charge in [-0.05, 0) is 51.8 Å². The summed E-state index contributed by atoms with van der Waals surface area (Å²) >= 11 is 0. The normalized spacial score (nSPS) is 13.7. The smallest absolute Gasteiger partial charge is 0.0652 e. The van der Waals surface area contributed by atoms with Gasteiger partial charge in [0.05, 0.1) is 12.2 Å². The first-order valence-corrected chi connectivity index (χ1v) is 7.99. The number of aromatic nitrogens is 1. The minimum atomic E-state index is -0.0522. The predicted octanol–water partition coefficient (Wildman–Crippen LogP) is 4.14. The van der Waals surface area contributed by atoms with Gasteiger partial charge in [0.15, 0.2) is 0 Å². The fourth-order valence-electron chi connectivity index (χ4n) is 2.26. The molecule has 1 rings (SSSR count). The van der Waals surface area contributed by atoms with Gasteiger partial charge in [0.2, 0.25) is 0 Å². The van der Waals surface area contributed by atoms with Crippen molar-refractivity contribution in [2.24, 2.45) is 0 Å². The zero-order valence-corrected chi connectivity index (χ0v) is 13.9. The van der Waals surface area contributed by atoms with Crippen LogP contribution in [0.3, 0.4) is 0 Å². The van der Waals surface area contributed by atoms with E-state index in [1.165, 1.54) is 24.8 Å². The molecule has 1 N–H and O–H groups in total. The molecule has 0 radical (unpaired) electrons. The Morgan fingerprint density at radius 1 is 1.25 bits per heavy atom. The Morgan fingerprint density at radius 3 is 2.60 bits per heavy atom. The van der Waals surface area contributed by atoms with Gasteiger partial charge in [-0.3, -0.25) is 0 Å². The van der Waals surface area contributed by atoms with Crippen LogP contribution in [0, 0.1) is 0 Å². The minimum Gasteiger partial charge on any atom is -0.374 e. The summed E-state index contributed by atoms with van der Waals surface area (Å²) in [6.45, 7) is 13.5. The third-order valence-corrected chi connectivity index (χ3v) is 3.28. The van der Waals surface area contributed by atoms with E-state index in [0.29, 0.717) is 6.04 Å². The van der Waals surface area contributed by atoms with Gasteiger partial charge in [-0.15, -0.1) is 0 Å². The SMILES string of the molecule is CCCNC(CCC)c1ccn(CCOC(C)(C)C)c1. The van der Waals surface area contributed by atoms with E-state index in [1.54, 1.807) is 0 Å². The van der Waals surface area contributed by atoms with E-state index in [4.69, 9.17) is 4.74 Å². The summed E-state index contributed by atoms with van der Waals surface area (Å²) in [6.07, 6.45) is 8.01. The number of rotatable bonds is 9. The van der Waals surface area contributed by atoms with Gasteiger partial charge in [-0.25, -0.2) is 0 Å². The monoisotopic (exact) mass is 280 g/mol. The van der Waals surface area contributed by atoms with Crippen molar-refractivity contribution in [1.29, 1.82) is 0 Å². The Hall–Kier alpha value is -0.800. The van der Waals surface area contributed by atoms with Crippen LogP contribution in [0.4, 0.5) is 0 Å². The van der Waals surface area contributed by atoms with Crippen LogP contribution < -0.4 is 5.32 Å². The number of nitrogens with one attached hydrogen (secondary N) is 1. The molecule has 0 spiro atoms. The van der Waals surface area contributed by atoms with E-state index in [1.807, 2.05) is 0 Å². The van der Waals surface area contributed by atoms with Crippen LogP contribution >= 0.6 is 0 Å². The molecule has 0 aromatic carbocycles. The van der Waals surface area contributed by atoms with E-state index >= 15 is 0 Å². The van der Waals surface area contributed by atoms with Crippen molar-refractivity contribution in [3.05, 3.63) is 24.0 Å². The van der Waals surface area contributed by atoms with Crippen LogP contribution in [-0.2, 0) is 11.3 Å². The maximum Gasteiger partial charge on any atom is 0.0652 e. The lowest BCUT2D eigenvalue weighted by Crippen LogP contribution is -2.22. The molecule has 3 nitrogen and oxygen atoms in total. The van der Waals surface area contributed by atoms with Crippen LogP contribution in [0.25, 0.3) is 0 Å². The molecule has 0 bridgehead atoms. The number of nitrogens with zero attached hydrogens (tertiary/aromatic N) is 1. The molecule has 0 saturated heterocycles. The lowest BCUT2D eigenvalue weighted by Gasteiger charge is -2.19. The molecule has 0 fully saturated rings. The van der Waals surface area contributed by atoms with Crippen molar-refractivity contribution < 1.29 is 4.74 Å². The molecule has 1 atom stereocenters. The molecule has 20 heavy (non-hydrogen) atoms. The topological polar surface area (TPSA) is 26.2 Å². The van der Waals surface area contributed by atoms with Gasteiger partial charge in [0.25, 0.3) is 0 Å². The summed E-state index contributed by atoms with van der Waals surface area (Å²) in [5, 5.41) is 3.64. The summed E-state index contributed by atoms with van der Waals surface area (Å²) in [4.78, 5) is 0. The fourth-order valence-corrected chi connectivity index (χ4v) is 2.26. The zero-order valence-electron chi connectivity index (χ0n) is 13.9. The third-order valence-electron chi connectivity index (χ3n) is 3.28. The zero-order chi connectivity index (χ0) is 15.0. The highest BCUT2D eigenvalue weighted by Gasteiger charge is 2.12. The molecule has 0 amide bonds. The second-order valence-corrected chi connectivity index (χ2v) is 6.44. The van der Waals surface area contributed by atoms with Gasteiger partial charge < -0.3 is 14.6 Å². The second kappa shape index (κ2) is 8.48. The molecule has 1 heterocycles. The second-order valence-electron chi connectivity index (χ2n) is 6.44. The van der Waals surface area contributed by atoms with E-state index in [-0.39, 0.29) is 5.60 Å². The third kappa shape index (κ3) is 6.58. The molecule has 1 aromatic heterocycles. The van der Waals surface area contributed by atoms with Crippen molar-refractivity contribution in [2.45, 2.75) is 72.1 Å². The van der Waals surface area contributed by atoms with Crippen LogP contribution in [-0.4, -0.2) is 23.3 Å². The Balaban J connectivity index is 2.50. The quantitative estimate of drug-likeness (QED) is 0.735. The average Bonchev–Trinajstić information content (AvgIpc) is 2.81. The largest absolute Gasteiger partial charge is 0.374 e. The lowest BCUT2D eigenvalue weighted by molar-refractivity contribution is -0.00680. The number of hydrogen-bond acceptors (Lipinski definition) is 2. The fraction of sp³-hybridized carbons (Fsp3) is 0.765. The summed E-state index contributed by atoms with van der Waals surface area (Å²) in [6, 6.07) is 2.73. The average molecular weight is 280 g/mol. The molecule has 3 heteroatoms. The lowest BCUT2D eigenvalue weighted by atomic mass is 10.1. The van der Waals surface area contributed by atoms with Crippen LogP contribution in [0.5, 0.6) is 0 Å². The van der Waals surface area contributed by atoms with E-state index < -0.39 is 0 Å². The van der Waals surface area contributed by atoms with Crippen LogP contribution in [0.1, 0.15) is 65.5 Å². The predicted molar refractivity (Wildman–Crippen MR) is 86.1 cm³/mol. The van der Waals surface area contributed by atoms with E-state index in [9.17, 15) is 0 Å². The Bertz CT molecular complexity index is 365. The van der Waals surface area contributed by atoms with Gasteiger partial charge in [-0.1, -0.05) is 20.3 Å². The van der Waals surface area contributed by atoms with Gasteiger partial charge in [0, 0.05) is 25.0 Å². The summed E-state index contributed by atoms with van der Waals surface area (Å²) in [5.74, 6) is 0. The number of ether oxygens (including phenoxy) is 1. The molecular weight excluding hydrogens is 248 g/mol. The van der Waals surface area contributed by atoms with Crippen molar-refractivity contribution in [1.82, 2.24) is 9.88 Å². The summed E-state index contributed by atoms with van der Waals surface area (Å²) in [5.41, 5.74) is 1.35. The minimum absolute atomic E-state index is 0.0522. The van der Waals surface area contributed by atoms with E-state index in [0.717, 1.165) is 19.7 Å². The van der Waals surface area contributed by atoms with Crippen molar-refractivity contribution >= 4 is 0 Å². The van der Waals surface area contributed by atoms with Crippen molar-refractivity contribution in [2.75, 3.05) is 13.2 Å². The van der Waals surface area contributed by atoms with E-state index in [2.05, 4.69) is 63.0 Å². The molecule has 1 aromatic rings. The maximum atomic E-state index is 5.78.